The molecule has 0 aliphatic heterocycles. The second-order valence-corrected chi connectivity index (χ2v) is 6.04. The molecule has 102 valence electrons. The topological polar surface area (TPSA) is 25.2 Å². The first-order chi connectivity index (χ1) is 8.70. The summed E-state index contributed by atoms with van der Waals surface area (Å²) in [5, 5.41) is 3.53. The number of hydrogen-bond donors (Lipinski definition) is 1. The van der Waals surface area contributed by atoms with Crippen molar-refractivity contribution in [1.29, 1.82) is 0 Å². The summed E-state index contributed by atoms with van der Waals surface area (Å²) < 4.78 is 5.43. The van der Waals surface area contributed by atoms with Crippen LogP contribution in [0.1, 0.15) is 45.3 Å². The average Bonchev–Trinajstić information content (AvgIpc) is 2.87. The fourth-order valence-corrected chi connectivity index (χ4v) is 3.32. The largest absolute Gasteiger partial charge is 0.469 e. The molecule has 1 aromatic rings. The Kier molecular flexibility index (Phi) is 4.87. The third-order valence-electron chi connectivity index (χ3n) is 4.86. The first kappa shape index (κ1) is 13.7. The van der Waals surface area contributed by atoms with E-state index in [1.165, 1.54) is 25.7 Å². The van der Waals surface area contributed by atoms with E-state index in [1.807, 2.05) is 6.07 Å². The van der Waals surface area contributed by atoms with Crippen molar-refractivity contribution >= 4 is 0 Å². The maximum absolute atomic E-state index is 5.43. The van der Waals surface area contributed by atoms with E-state index >= 15 is 0 Å². The van der Waals surface area contributed by atoms with Crippen molar-refractivity contribution in [3.05, 3.63) is 24.2 Å². The van der Waals surface area contributed by atoms with Gasteiger partial charge in [-0.2, -0.15) is 0 Å². The van der Waals surface area contributed by atoms with Crippen molar-refractivity contribution in [2.75, 3.05) is 7.05 Å². The summed E-state index contributed by atoms with van der Waals surface area (Å²) in [5.74, 6) is 3.75. The number of nitrogens with one attached hydrogen (secondary N) is 1. The van der Waals surface area contributed by atoms with Crippen molar-refractivity contribution in [2.24, 2.45) is 17.8 Å². The minimum absolute atomic E-state index is 0.644. The van der Waals surface area contributed by atoms with Gasteiger partial charge in [-0.1, -0.05) is 20.3 Å². The van der Waals surface area contributed by atoms with Gasteiger partial charge in [0.1, 0.15) is 5.76 Å². The van der Waals surface area contributed by atoms with Gasteiger partial charge in [0.25, 0.3) is 0 Å². The van der Waals surface area contributed by atoms with Gasteiger partial charge in [-0.15, -0.1) is 0 Å². The maximum Gasteiger partial charge on any atom is 0.103 e. The Morgan fingerprint density at radius 2 is 2.17 bits per heavy atom. The minimum atomic E-state index is 0.644. The van der Waals surface area contributed by atoms with Crippen molar-refractivity contribution < 1.29 is 4.42 Å². The number of hydrogen-bond acceptors (Lipinski definition) is 2. The first-order valence-electron chi connectivity index (χ1n) is 7.40. The Balaban J connectivity index is 1.84. The quantitative estimate of drug-likeness (QED) is 0.857. The van der Waals surface area contributed by atoms with Gasteiger partial charge in [-0.05, 0) is 56.2 Å². The predicted molar refractivity (Wildman–Crippen MR) is 75.5 cm³/mol. The molecule has 0 radical (unpaired) electrons. The Labute approximate surface area is 111 Å². The van der Waals surface area contributed by atoms with E-state index < -0.39 is 0 Å². The predicted octanol–water partition coefficient (Wildman–Crippen LogP) is 3.87. The monoisotopic (exact) mass is 249 g/mol. The highest BCUT2D eigenvalue weighted by atomic mass is 16.3. The molecule has 2 heteroatoms. The van der Waals surface area contributed by atoms with Gasteiger partial charge in [-0.3, -0.25) is 0 Å². The van der Waals surface area contributed by atoms with E-state index in [2.05, 4.69) is 32.3 Å². The molecule has 2 nitrogen and oxygen atoms in total. The van der Waals surface area contributed by atoms with Gasteiger partial charge >= 0.3 is 0 Å². The van der Waals surface area contributed by atoms with E-state index in [-0.39, 0.29) is 0 Å². The maximum atomic E-state index is 5.43. The number of rotatable bonds is 5. The molecule has 0 bridgehead atoms. The third kappa shape index (κ3) is 3.38. The highest BCUT2D eigenvalue weighted by Crippen LogP contribution is 2.35. The van der Waals surface area contributed by atoms with E-state index in [9.17, 15) is 0 Å². The molecule has 0 saturated heterocycles. The molecule has 0 spiro atoms. The van der Waals surface area contributed by atoms with Gasteiger partial charge in [0.15, 0.2) is 0 Å². The average molecular weight is 249 g/mol. The molecule has 4 unspecified atom stereocenters. The van der Waals surface area contributed by atoms with Gasteiger partial charge < -0.3 is 9.73 Å². The van der Waals surface area contributed by atoms with E-state index in [0.717, 1.165) is 29.9 Å². The summed E-state index contributed by atoms with van der Waals surface area (Å²) in [7, 11) is 2.11. The smallest absolute Gasteiger partial charge is 0.103 e. The Hall–Kier alpha value is -0.760. The zero-order chi connectivity index (χ0) is 13.0. The molecule has 18 heavy (non-hydrogen) atoms. The Bertz CT molecular complexity index is 333. The van der Waals surface area contributed by atoms with Gasteiger partial charge in [0.2, 0.25) is 0 Å². The van der Waals surface area contributed by atoms with Crippen molar-refractivity contribution in [3.8, 4) is 0 Å². The molecular formula is C16H27NO. The normalized spacial score (nSPS) is 30.3. The summed E-state index contributed by atoms with van der Waals surface area (Å²) in [4.78, 5) is 0. The van der Waals surface area contributed by atoms with Gasteiger partial charge in [-0.25, -0.2) is 0 Å². The lowest BCUT2D eigenvalue weighted by atomic mass is 9.72. The van der Waals surface area contributed by atoms with E-state index in [0.29, 0.717) is 6.04 Å². The second kappa shape index (κ2) is 6.42. The van der Waals surface area contributed by atoms with Crippen LogP contribution in [-0.4, -0.2) is 13.1 Å². The summed E-state index contributed by atoms with van der Waals surface area (Å²) in [5.41, 5.74) is 0. The molecule has 2 rings (SSSR count). The van der Waals surface area contributed by atoms with Crippen LogP contribution in [0.3, 0.4) is 0 Å². The van der Waals surface area contributed by atoms with Crippen molar-refractivity contribution in [1.82, 2.24) is 5.32 Å². The zero-order valence-corrected chi connectivity index (χ0v) is 12.0. The molecule has 1 saturated carbocycles. The Morgan fingerprint density at radius 1 is 1.33 bits per heavy atom. The summed E-state index contributed by atoms with van der Waals surface area (Å²) in [6.45, 7) is 4.81. The summed E-state index contributed by atoms with van der Waals surface area (Å²) in [6.07, 6.45) is 8.17. The van der Waals surface area contributed by atoms with Gasteiger partial charge in [0.05, 0.1) is 6.26 Å². The van der Waals surface area contributed by atoms with Crippen LogP contribution in [0.2, 0.25) is 0 Å². The molecule has 1 N–H and O–H groups in total. The number of aryl methyl sites for hydroxylation is 1. The Morgan fingerprint density at radius 3 is 2.78 bits per heavy atom. The highest BCUT2D eigenvalue weighted by Gasteiger charge is 2.29. The van der Waals surface area contributed by atoms with Crippen LogP contribution in [0.4, 0.5) is 0 Å². The highest BCUT2D eigenvalue weighted by molar-refractivity contribution is 4.99. The lowest BCUT2D eigenvalue weighted by Gasteiger charge is -2.36. The summed E-state index contributed by atoms with van der Waals surface area (Å²) >= 11 is 0. The van der Waals surface area contributed by atoms with Crippen LogP contribution in [0.15, 0.2) is 22.8 Å². The molecule has 1 aliphatic rings. The molecule has 0 amide bonds. The second-order valence-electron chi connectivity index (χ2n) is 6.04. The number of furan rings is 1. The molecule has 1 heterocycles. The first-order valence-corrected chi connectivity index (χ1v) is 7.40. The molecular weight excluding hydrogens is 222 g/mol. The fraction of sp³-hybridized carbons (Fsp3) is 0.750. The molecule has 1 fully saturated rings. The third-order valence-corrected chi connectivity index (χ3v) is 4.86. The standard InChI is InChI=1S/C16H27NO/c1-12-6-7-14(11-13(12)2)16(17-3)9-8-15-5-4-10-18-15/h4-5,10,12-14,16-17H,6-9,11H2,1-3H3. The van der Waals surface area contributed by atoms with Crippen LogP contribution in [0, 0.1) is 17.8 Å². The molecule has 4 atom stereocenters. The van der Waals surface area contributed by atoms with Crippen LogP contribution < -0.4 is 5.32 Å². The SMILES string of the molecule is CNC(CCc1ccco1)C1CCC(C)C(C)C1. The van der Waals surface area contributed by atoms with Crippen LogP contribution in [0.5, 0.6) is 0 Å². The van der Waals surface area contributed by atoms with Crippen molar-refractivity contribution in [3.63, 3.8) is 0 Å². The van der Waals surface area contributed by atoms with Crippen LogP contribution >= 0.6 is 0 Å². The lowest BCUT2D eigenvalue weighted by Crippen LogP contribution is -2.38. The van der Waals surface area contributed by atoms with E-state index in [4.69, 9.17) is 4.42 Å². The molecule has 0 aromatic carbocycles. The van der Waals surface area contributed by atoms with Crippen LogP contribution in [0.25, 0.3) is 0 Å². The summed E-state index contributed by atoms with van der Waals surface area (Å²) in [6, 6.07) is 4.71. The minimum Gasteiger partial charge on any atom is -0.469 e. The molecule has 1 aromatic heterocycles. The van der Waals surface area contributed by atoms with Crippen molar-refractivity contribution in [2.45, 2.75) is 52.0 Å². The zero-order valence-electron chi connectivity index (χ0n) is 12.0. The van der Waals surface area contributed by atoms with Gasteiger partial charge in [0, 0.05) is 12.5 Å². The van der Waals surface area contributed by atoms with Crippen LogP contribution in [-0.2, 0) is 6.42 Å². The lowest BCUT2D eigenvalue weighted by molar-refractivity contribution is 0.169. The van der Waals surface area contributed by atoms with E-state index in [1.54, 1.807) is 6.26 Å². The fourth-order valence-electron chi connectivity index (χ4n) is 3.32. The molecule has 1 aliphatic carbocycles.